The second-order valence-electron chi connectivity index (χ2n) is 4.35. The highest BCUT2D eigenvalue weighted by Crippen LogP contribution is 2.28. The lowest BCUT2D eigenvalue weighted by atomic mass is 10.2. The summed E-state index contributed by atoms with van der Waals surface area (Å²) in [7, 11) is 0. The number of hydrogen-bond donors (Lipinski definition) is 1. The van der Waals surface area contributed by atoms with Crippen LogP contribution < -0.4 is 5.32 Å². The molecule has 0 radical (unpaired) electrons. The smallest absolute Gasteiger partial charge is 0.412 e. The Bertz CT molecular complexity index is 446. The number of hydrogen-bond acceptors (Lipinski definition) is 2. The molecule has 0 fully saturated rings. The van der Waals surface area contributed by atoms with Gasteiger partial charge in [-0.25, -0.2) is 9.18 Å². The first kappa shape index (κ1) is 14.7. The molecule has 6 heteroatoms. The van der Waals surface area contributed by atoms with Crippen molar-refractivity contribution in [3.63, 3.8) is 0 Å². The van der Waals surface area contributed by atoms with Gasteiger partial charge in [0.15, 0.2) is 5.82 Å². The topological polar surface area (TPSA) is 38.3 Å². The number of amides is 1. The first-order valence-corrected chi connectivity index (χ1v) is 6.71. The summed E-state index contributed by atoms with van der Waals surface area (Å²) in [6, 6.07) is 3.19. The fourth-order valence-corrected chi connectivity index (χ4v) is 1.80. The summed E-state index contributed by atoms with van der Waals surface area (Å²) >= 11 is 5.10. The molecular formula is C11H12BrFINO2. The maximum atomic E-state index is 13.7. The Morgan fingerprint density at radius 1 is 1.47 bits per heavy atom. The van der Waals surface area contributed by atoms with Gasteiger partial charge in [-0.3, -0.25) is 5.32 Å². The standard InChI is InChI=1S/C11H12BrFINO2/c1-11(2,3)17-10(16)15-7-5-4-6(14)8(12)9(7)13/h4-5H,1-3H3,(H,15,16). The number of nitrogens with one attached hydrogen (secondary N) is 1. The van der Waals surface area contributed by atoms with E-state index in [0.29, 0.717) is 4.47 Å². The molecular weight excluding hydrogens is 404 g/mol. The highest BCUT2D eigenvalue weighted by atomic mass is 127. The van der Waals surface area contributed by atoms with E-state index in [1.807, 2.05) is 22.6 Å². The van der Waals surface area contributed by atoms with Gasteiger partial charge < -0.3 is 4.74 Å². The van der Waals surface area contributed by atoms with Gasteiger partial charge in [0, 0.05) is 3.57 Å². The van der Waals surface area contributed by atoms with Gasteiger partial charge in [0.2, 0.25) is 0 Å². The Labute approximate surface area is 121 Å². The Morgan fingerprint density at radius 2 is 2.06 bits per heavy atom. The quantitative estimate of drug-likeness (QED) is 0.540. The molecule has 0 spiro atoms. The zero-order valence-corrected chi connectivity index (χ0v) is 13.3. The zero-order valence-electron chi connectivity index (χ0n) is 9.61. The molecule has 0 unspecified atom stereocenters. The van der Waals surface area contributed by atoms with Crippen LogP contribution in [0.15, 0.2) is 16.6 Å². The van der Waals surface area contributed by atoms with E-state index in [0.717, 1.165) is 3.57 Å². The molecule has 0 aliphatic rings. The summed E-state index contributed by atoms with van der Waals surface area (Å²) in [4.78, 5) is 11.5. The molecule has 1 aromatic rings. The van der Waals surface area contributed by atoms with Crippen LogP contribution in [0.4, 0.5) is 14.9 Å². The summed E-state index contributed by atoms with van der Waals surface area (Å²) < 4.78 is 19.8. The number of carbonyl (C=O) groups excluding carboxylic acids is 1. The van der Waals surface area contributed by atoms with Gasteiger partial charge in [-0.15, -0.1) is 0 Å². The number of carbonyl (C=O) groups is 1. The third kappa shape index (κ3) is 4.42. The van der Waals surface area contributed by atoms with Crippen LogP contribution in [0.25, 0.3) is 0 Å². The lowest BCUT2D eigenvalue weighted by Gasteiger charge is -2.20. The molecule has 1 amide bonds. The lowest BCUT2D eigenvalue weighted by molar-refractivity contribution is 0.0635. The summed E-state index contributed by atoms with van der Waals surface area (Å²) in [6.07, 6.45) is -0.676. The molecule has 0 aliphatic heterocycles. The van der Waals surface area contributed by atoms with Crippen LogP contribution in [0.1, 0.15) is 20.8 Å². The van der Waals surface area contributed by atoms with Crippen LogP contribution in [0, 0.1) is 9.39 Å². The third-order valence-corrected chi connectivity index (χ3v) is 4.09. The molecule has 0 atom stereocenters. The summed E-state index contributed by atoms with van der Waals surface area (Å²) in [5.74, 6) is -0.511. The Kier molecular flexibility index (Phi) is 4.77. The molecule has 94 valence electrons. The number of ether oxygens (including phenoxy) is 1. The maximum Gasteiger partial charge on any atom is 0.412 e. The molecule has 0 heterocycles. The van der Waals surface area contributed by atoms with Crippen LogP contribution in [0.2, 0.25) is 0 Å². The fraction of sp³-hybridized carbons (Fsp3) is 0.364. The van der Waals surface area contributed by atoms with E-state index >= 15 is 0 Å². The molecule has 0 saturated heterocycles. The number of benzene rings is 1. The molecule has 17 heavy (non-hydrogen) atoms. The molecule has 0 saturated carbocycles. The molecule has 0 aliphatic carbocycles. The Balaban J connectivity index is 2.83. The largest absolute Gasteiger partial charge is 0.444 e. The van der Waals surface area contributed by atoms with Crippen molar-refractivity contribution in [1.82, 2.24) is 0 Å². The second kappa shape index (κ2) is 5.51. The molecule has 0 aromatic heterocycles. The maximum absolute atomic E-state index is 13.7. The molecule has 1 aromatic carbocycles. The molecule has 1 rings (SSSR count). The first-order valence-electron chi connectivity index (χ1n) is 4.84. The van der Waals surface area contributed by atoms with Gasteiger partial charge >= 0.3 is 6.09 Å². The monoisotopic (exact) mass is 415 g/mol. The SMILES string of the molecule is CC(C)(C)OC(=O)Nc1ccc(I)c(Br)c1F. The van der Waals surface area contributed by atoms with Crippen molar-refractivity contribution in [2.45, 2.75) is 26.4 Å². The minimum Gasteiger partial charge on any atom is -0.444 e. The zero-order chi connectivity index (χ0) is 13.2. The predicted molar refractivity (Wildman–Crippen MR) is 76.7 cm³/mol. The van der Waals surface area contributed by atoms with E-state index in [1.165, 1.54) is 6.07 Å². The van der Waals surface area contributed by atoms with Crippen molar-refractivity contribution in [3.8, 4) is 0 Å². The average molecular weight is 416 g/mol. The van der Waals surface area contributed by atoms with E-state index in [-0.39, 0.29) is 5.69 Å². The van der Waals surface area contributed by atoms with E-state index in [4.69, 9.17) is 4.74 Å². The fourth-order valence-electron chi connectivity index (χ4n) is 1.04. The highest BCUT2D eigenvalue weighted by molar-refractivity contribution is 14.1. The summed E-state index contributed by atoms with van der Waals surface area (Å²) in [6.45, 7) is 5.23. The number of anilines is 1. The lowest BCUT2D eigenvalue weighted by Crippen LogP contribution is -2.27. The van der Waals surface area contributed by atoms with E-state index < -0.39 is 17.5 Å². The van der Waals surface area contributed by atoms with E-state index in [1.54, 1.807) is 26.8 Å². The van der Waals surface area contributed by atoms with Crippen LogP contribution in [-0.2, 0) is 4.74 Å². The van der Waals surface area contributed by atoms with Gasteiger partial charge in [-0.1, -0.05) is 0 Å². The molecule has 3 nitrogen and oxygen atoms in total. The molecule has 1 N–H and O–H groups in total. The minimum atomic E-state index is -0.676. The van der Waals surface area contributed by atoms with Crippen LogP contribution in [-0.4, -0.2) is 11.7 Å². The summed E-state index contributed by atoms with van der Waals surface area (Å²) in [5.41, 5.74) is -0.521. The van der Waals surface area contributed by atoms with Crippen molar-refractivity contribution in [2.75, 3.05) is 5.32 Å². The number of rotatable bonds is 1. The normalized spacial score (nSPS) is 11.2. The van der Waals surface area contributed by atoms with Crippen molar-refractivity contribution in [2.24, 2.45) is 0 Å². The van der Waals surface area contributed by atoms with Crippen LogP contribution in [0.5, 0.6) is 0 Å². The average Bonchev–Trinajstić information content (AvgIpc) is 2.16. The van der Waals surface area contributed by atoms with Crippen molar-refractivity contribution < 1.29 is 13.9 Å². The first-order chi connectivity index (χ1) is 7.70. The van der Waals surface area contributed by atoms with Gasteiger partial charge in [-0.05, 0) is 71.4 Å². The van der Waals surface area contributed by atoms with Gasteiger partial charge in [-0.2, -0.15) is 0 Å². The van der Waals surface area contributed by atoms with Crippen LogP contribution in [0.3, 0.4) is 0 Å². The summed E-state index contributed by atoms with van der Waals surface area (Å²) in [5, 5.41) is 2.37. The third-order valence-electron chi connectivity index (χ3n) is 1.67. The highest BCUT2D eigenvalue weighted by Gasteiger charge is 2.18. The number of halogens is 3. The van der Waals surface area contributed by atoms with Crippen molar-refractivity contribution >= 4 is 50.3 Å². The van der Waals surface area contributed by atoms with E-state index in [2.05, 4.69) is 21.2 Å². The predicted octanol–water partition coefficient (Wildman–Crippen LogP) is 4.54. The van der Waals surface area contributed by atoms with Gasteiger partial charge in [0.05, 0.1) is 10.2 Å². The van der Waals surface area contributed by atoms with Gasteiger partial charge in [0.1, 0.15) is 5.60 Å². The van der Waals surface area contributed by atoms with Gasteiger partial charge in [0.25, 0.3) is 0 Å². The Hall–Kier alpha value is -0.370. The minimum absolute atomic E-state index is 0.0894. The Morgan fingerprint density at radius 3 is 2.59 bits per heavy atom. The van der Waals surface area contributed by atoms with Crippen molar-refractivity contribution in [1.29, 1.82) is 0 Å². The van der Waals surface area contributed by atoms with Crippen LogP contribution >= 0.6 is 38.5 Å². The van der Waals surface area contributed by atoms with E-state index in [9.17, 15) is 9.18 Å². The molecule has 0 bridgehead atoms. The second-order valence-corrected chi connectivity index (χ2v) is 6.30. The van der Waals surface area contributed by atoms with Crippen molar-refractivity contribution in [3.05, 3.63) is 26.0 Å².